The minimum atomic E-state index is -2.82. The normalized spacial score (nSPS) is 20.8. The first-order chi connectivity index (χ1) is 21.3. The van der Waals surface area contributed by atoms with E-state index in [1.54, 1.807) is 10.7 Å². The van der Waals surface area contributed by atoms with Gasteiger partial charge in [0.2, 0.25) is 0 Å². The Hall–Kier alpha value is 0.0756. The topological polar surface area (TPSA) is 47.9 Å². The van der Waals surface area contributed by atoms with Gasteiger partial charge in [-0.05, 0) is 0 Å². The first-order valence-corrected chi connectivity index (χ1v) is 28.3. The van der Waals surface area contributed by atoms with Gasteiger partial charge < -0.3 is 0 Å². The van der Waals surface area contributed by atoms with Crippen molar-refractivity contribution in [3.05, 3.63) is 33.5 Å². The molecule has 264 valence electrons. The number of rotatable bonds is 24. The Bertz CT molecular complexity index is 852. The molecule has 1 aliphatic carbocycles. The summed E-state index contributed by atoms with van der Waals surface area (Å²) in [6, 6.07) is 0. The second kappa shape index (κ2) is 21.9. The SMILES string of the molecule is C=C(C)[C@@H]1CC(C)=C[C@H](OCOC)[C@H]1C[C@@H](O)/C=[C](\CCO[Si](C(C)C)(C(C)C)C(C)C)[Sn]([CH2]CCC)([CH2]CCC)[CH2]CCC. The summed E-state index contributed by atoms with van der Waals surface area (Å²) in [4.78, 5) is 0. The zero-order valence-electron chi connectivity index (χ0n) is 32.0. The Morgan fingerprint density at radius 2 is 1.49 bits per heavy atom. The molecule has 0 heterocycles. The molecule has 0 aliphatic heterocycles. The third kappa shape index (κ3) is 12.8. The molecule has 0 bridgehead atoms. The van der Waals surface area contributed by atoms with Gasteiger partial charge >= 0.3 is 288 Å². The maximum absolute atomic E-state index is 12.0. The average Bonchev–Trinajstić information content (AvgIpc) is 2.97. The van der Waals surface area contributed by atoms with Gasteiger partial charge in [-0.15, -0.1) is 0 Å². The molecule has 1 aliphatic rings. The molecular formula is C39H76O4SiSn. The van der Waals surface area contributed by atoms with Crippen LogP contribution in [0.15, 0.2) is 33.5 Å². The molecule has 1 N–H and O–H groups in total. The molecule has 1 rings (SSSR count). The number of hydrogen-bond acceptors (Lipinski definition) is 4. The third-order valence-electron chi connectivity index (χ3n) is 11.0. The Balaban J connectivity index is 3.62. The molecule has 0 aromatic rings. The molecule has 0 radical (unpaired) electrons. The maximum atomic E-state index is 12.0. The summed E-state index contributed by atoms with van der Waals surface area (Å²) in [7, 11) is -0.284. The van der Waals surface area contributed by atoms with E-state index in [1.807, 2.05) is 0 Å². The van der Waals surface area contributed by atoms with Crippen LogP contribution in [0.2, 0.25) is 29.9 Å². The molecule has 0 amide bonds. The van der Waals surface area contributed by atoms with Crippen LogP contribution >= 0.6 is 0 Å². The van der Waals surface area contributed by atoms with Gasteiger partial charge in [0.1, 0.15) is 0 Å². The van der Waals surface area contributed by atoms with E-state index in [0.29, 0.717) is 29.0 Å². The quantitative estimate of drug-likeness (QED) is 0.0605. The van der Waals surface area contributed by atoms with Crippen molar-refractivity contribution in [3.8, 4) is 0 Å². The first kappa shape index (κ1) is 43.1. The molecule has 6 heteroatoms. The Kier molecular flexibility index (Phi) is 21.0. The zero-order chi connectivity index (χ0) is 34.2. The summed E-state index contributed by atoms with van der Waals surface area (Å²) >= 11 is -2.82. The fourth-order valence-corrected chi connectivity index (χ4v) is 31.2. The molecule has 4 atom stereocenters. The summed E-state index contributed by atoms with van der Waals surface area (Å²) in [5, 5.41) is 12.0. The van der Waals surface area contributed by atoms with Gasteiger partial charge in [-0.2, -0.15) is 0 Å². The summed E-state index contributed by atoms with van der Waals surface area (Å²) in [6.07, 6.45) is 14.5. The molecule has 0 spiro atoms. The minimum absolute atomic E-state index is 0.0708. The summed E-state index contributed by atoms with van der Waals surface area (Å²) in [5.41, 5.74) is 4.26. The predicted molar refractivity (Wildman–Crippen MR) is 202 cm³/mol. The third-order valence-corrected chi connectivity index (χ3v) is 33.4. The molecule has 0 saturated heterocycles. The Morgan fingerprint density at radius 1 is 0.978 bits per heavy atom. The Labute approximate surface area is 286 Å². The average molecular weight is 756 g/mol. The van der Waals surface area contributed by atoms with E-state index in [0.717, 1.165) is 19.4 Å². The van der Waals surface area contributed by atoms with Crippen LogP contribution in [0.1, 0.15) is 134 Å². The van der Waals surface area contributed by atoms with Crippen LogP contribution in [0, 0.1) is 11.8 Å². The molecule has 0 aromatic carbocycles. The molecule has 0 fully saturated rings. The first-order valence-electron chi connectivity index (χ1n) is 18.7. The van der Waals surface area contributed by atoms with E-state index in [4.69, 9.17) is 13.9 Å². The summed E-state index contributed by atoms with van der Waals surface area (Å²) in [5.74, 6) is 0.481. The van der Waals surface area contributed by atoms with Gasteiger partial charge in [-0.3, -0.25) is 0 Å². The van der Waals surface area contributed by atoms with Gasteiger partial charge in [0.25, 0.3) is 0 Å². The molecular weight excluding hydrogens is 679 g/mol. The number of aliphatic hydroxyl groups is 1. The number of hydrogen-bond donors (Lipinski definition) is 1. The zero-order valence-corrected chi connectivity index (χ0v) is 35.8. The van der Waals surface area contributed by atoms with Gasteiger partial charge in [-0.1, -0.05) is 0 Å². The number of aliphatic hydroxyl groups excluding tert-OH is 1. The van der Waals surface area contributed by atoms with Crippen molar-refractivity contribution < 1.29 is 19.0 Å². The molecule has 0 saturated carbocycles. The van der Waals surface area contributed by atoms with Crippen molar-refractivity contribution in [2.75, 3.05) is 20.5 Å². The van der Waals surface area contributed by atoms with Gasteiger partial charge in [-0.25, -0.2) is 0 Å². The van der Waals surface area contributed by atoms with Crippen LogP contribution in [-0.4, -0.2) is 64.5 Å². The van der Waals surface area contributed by atoms with Gasteiger partial charge in [0.15, 0.2) is 0 Å². The second-order valence-corrected chi connectivity index (χ2v) is 34.3. The van der Waals surface area contributed by atoms with Crippen LogP contribution < -0.4 is 0 Å². The van der Waals surface area contributed by atoms with Gasteiger partial charge in [0.05, 0.1) is 0 Å². The molecule has 0 unspecified atom stereocenters. The van der Waals surface area contributed by atoms with E-state index in [-0.39, 0.29) is 18.8 Å². The summed E-state index contributed by atoms with van der Waals surface area (Å²) < 4.78 is 24.6. The van der Waals surface area contributed by atoms with Crippen molar-refractivity contribution in [3.63, 3.8) is 0 Å². The van der Waals surface area contributed by atoms with Crippen molar-refractivity contribution >= 4 is 26.7 Å². The van der Waals surface area contributed by atoms with Crippen molar-refractivity contribution in [1.82, 2.24) is 0 Å². The van der Waals surface area contributed by atoms with Crippen molar-refractivity contribution in [2.45, 2.75) is 176 Å². The molecule has 0 aromatic heterocycles. The standard InChI is InChI=1S/C27H49O4Si.3C4H9.Sn/c1-19(2)25-15-23(9)16-27(30-18-29-10)26(25)17-24(28)13-11-12-14-31-32(20(3)4,21(5)6)22(7)8;3*1-3-4-2;/h13,16,20-22,24-28H,1,12,14-15,17-18H2,2-10H3;3*1,3-4H2,2H3;/t24-,25-,26-,27-;;;;/m0..../s1. The van der Waals surface area contributed by atoms with Crippen LogP contribution in [-0.2, 0) is 13.9 Å². The van der Waals surface area contributed by atoms with Crippen molar-refractivity contribution in [2.24, 2.45) is 11.8 Å². The van der Waals surface area contributed by atoms with E-state index in [2.05, 4.69) is 94.9 Å². The fourth-order valence-electron chi connectivity index (χ4n) is 8.70. The van der Waals surface area contributed by atoms with Gasteiger partial charge in [0, 0.05) is 0 Å². The monoisotopic (exact) mass is 756 g/mol. The van der Waals surface area contributed by atoms with E-state index < -0.39 is 32.8 Å². The number of ether oxygens (including phenoxy) is 2. The van der Waals surface area contributed by atoms with E-state index in [9.17, 15) is 5.11 Å². The van der Waals surface area contributed by atoms with Crippen LogP contribution in [0.3, 0.4) is 0 Å². The van der Waals surface area contributed by atoms with Crippen LogP contribution in [0.5, 0.6) is 0 Å². The van der Waals surface area contributed by atoms with Crippen LogP contribution in [0.4, 0.5) is 0 Å². The number of allylic oxidation sites excluding steroid dienone is 2. The fraction of sp³-hybridized carbons (Fsp3) is 0.846. The number of unbranched alkanes of at least 4 members (excludes halogenated alkanes) is 3. The molecule has 4 nitrogen and oxygen atoms in total. The summed E-state index contributed by atoms with van der Waals surface area (Å²) in [6.45, 7) is 31.2. The van der Waals surface area contributed by atoms with E-state index >= 15 is 0 Å². The van der Waals surface area contributed by atoms with Crippen molar-refractivity contribution in [1.29, 1.82) is 0 Å². The second-order valence-electron chi connectivity index (χ2n) is 15.4. The Morgan fingerprint density at radius 3 is 1.91 bits per heavy atom. The predicted octanol–water partition coefficient (Wildman–Crippen LogP) is 11.8. The van der Waals surface area contributed by atoms with E-state index in [1.165, 1.54) is 63.0 Å². The van der Waals surface area contributed by atoms with Crippen LogP contribution in [0.25, 0.3) is 0 Å². The molecule has 45 heavy (non-hydrogen) atoms. The number of methoxy groups -OCH3 is 1.